The molecular weight excluding hydrogens is 464 g/mol. The molecule has 9 heteroatoms. The standard InChI is InChI=1S/C26H30N4O4S/c1-33-26(32)23-22(29-25(31)21-8-5-11-34-21)20-14-19(28-18-9-12-35-13-10-18)15-27-24(20)30(23)16-17-6-3-2-4-7-17/h2-4,6-7,14-15,18,21,28H,5,8-13,16H2,1H3,(H,29,31). The number of nitrogens with one attached hydrogen (secondary N) is 2. The van der Waals surface area contributed by atoms with Gasteiger partial charge in [-0.3, -0.25) is 4.79 Å². The molecule has 1 atom stereocenters. The second kappa shape index (κ2) is 10.7. The molecule has 4 heterocycles. The number of thioether (sulfide) groups is 1. The highest BCUT2D eigenvalue weighted by atomic mass is 32.2. The zero-order valence-electron chi connectivity index (χ0n) is 19.8. The first kappa shape index (κ1) is 23.7. The molecule has 0 bridgehead atoms. The van der Waals surface area contributed by atoms with E-state index < -0.39 is 12.1 Å². The molecule has 1 unspecified atom stereocenters. The third-order valence-electron chi connectivity index (χ3n) is 6.52. The fourth-order valence-electron chi connectivity index (χ4n) is 4.73. The minimum Gasteiger partial charge on any atom is -0.464 e. The second-order valence-corrected chi connectivity index (χ2v) is 10.1. The van der Waals surface area contributed by atoms with Crippen molar-refractivity contribution in [1.29, 1.82) is 0 Å². The van der Waals surface area contributed by atoms with Crippen LogP contribution >= 0.6 is 11.8 Å². The Kier molecular flexibility index (Phi) is 7.24. The van der Waals surface area contributed by atoms with Gasteiger partial charge in [-0.05, 0) is 48.8 Å². The molecule has 8 nitrogen and oxygen atoms in total. The zero-order chi connectivity index (χ0) is 24.2. The maximum atomic E-state index is 13.1. The first-order chi connectivity index (χ1) is 17.1. The van der Waals surface area contributed by atoms with Crippen LogP contribution in [-0.2, 0) is 20.8 Å². The van der Waals surface area contributed by atoms with Gasteiger partial charge in [0.15, 0.2) is 5.69 Å². The van der Waals surface area contributed by atoms with Crippen LogP contribution in [0.1, 0.15) is 41.7 Å². The number of rotatable bonds is 7. The Morgan fingerprint density at radius 2 is 2.00 bits per heavy atom. The molecule has 2 aromatic heterocycles. The lowest BCUT2D eigenvalue weighted by atomic mass is 10.1. The van der Waals surface area contributed by atoms with E-state index in [1.54, 1.807) is 6.20 Å². The monoisotopic (exact) mass is 494 g/mol. The van der Waals surface area contributed by atoms with Crippen molar-refractivity contribution in [3.63, 3.8) is 0 Å². The Hall–Kier alpha value is -3.04. The number of carbonyl (C=O) groups is 2. The average molecular weight is 495 g/mol. The second-order valence-electron chi connectivity index (χ2n) is 8.90. The number of esters is 1. The number of anilines is 2. The van der Waals surface area contributed by atoms with E-state index in [0.29, 0.717) is 42.3 Å². The molecule has 2 aliphatic heterocycles. The highest BCUT2D eigenvalue weighted by Gasteiger charge is 2.30. The van der Waals surface area contributed by atoms with Crippen LogP contribution in [0.3, 0.4) is 0 Å². The van der Waals surface area contributed by atoms with Crippen LogP contribution in [0.15, 0.2) is 42.6 Å². The summed E-state index contributed by atoms with van der Waals surface area (Å²) in [5.41, 5.74) is 3.18. The van der Waals surface area contributed by atoms with Crippen molar-refractivity contribution in [3.05, 3.63) is 53.9 Å². The molecule has 5 rings (SSSR count). The van der Waals surface area contributed by atoms with Crippen LogP contribution in [0.25, 0.3) is 11.0 Å². The largest absolute Gasteiger partial charge is 0.464 e. The molecule has 2 saturated heterocycles. The predicted octanol–water partition coefficient (Wildman–Crippen LogP) is 4.30. The summed E-state index contributed by atoms with van der Waals surface area (Å²) in [7, 11) is 1.35. The van der Waals surface area contributed by atoms with E-state index in [9.17, 15) is 9.59 Å². The van der Waals surface area contributed by atoms with Crippen molar-refractivity contribution < 1.29 is 19.1 Å². The lowest BCUT2D eigenvalue weighted by Crippen LogP contribution is -2.28. The summed E-state index contributed by atoms with van der Waals surface area (Å²) in [5.74, 6) is 1.49. The molecule has 0 saturated carbocycles. The number of aromatic nitrogens is 2. The van der Waals surface area contributed by atoms with Gasteiger partial charge in [0.1, 0.15) is 11.8 Å². The van der Waals surface area contributed by atoms with Gasteiger partial charge in [-0.1, -0.05) is 30.3 Å². The van der Waals surface area contributed by atoms with Gasteiger partial charge >= 0.3 is 5.97 Å². The van der Waals surface area contributed by atoms with Crippen LogP contribution < -0.4 is 10.6 Å². The fourth-order valence-corrected chi connectivity index (χ4v) is 5.83. The number of nitrogens with zero attached hydrogens (tertiary/aromatic N) is 2. The minimum atomic E-state index is -0.527. The molecule has 35 heavy (non-hydrogen) atoms. The third-order valence-corrected chi connectivity index (χ3v) is 7.57. The van der Waals surface area contributed by atoms with E-state index in [1.807, 2.05) is 52.7 Å². The van der Waals surface area contributed by atoms with Crippen LogP contribution in [-0.4, -0.2) is 58.8 Å². The summed E-state index contributed by atoms with van der Waals surface area (Å²) in [4.78, 5) is 30.9. The number of hydrogen-bond donors (Lipinski definition) is 2. The van der Waals surface area contributed by atoms with Crippen molar-refractivity contribution in [1.82, 2.24) is 9.55 Å². The number of amides is 1. The molecule has 1 aromatic carbocycles. The van der Waals surface area contributed by atoms with E-state index in [2.05, 4.69) is 10.6 Å². The minimum absolute atomic E-state index is 0.255. The quantitative estimate of drug-likeness (QED) is 0.473. The summed E-state index contributed by atoms with van der Waals surface area (Å²) in [5, 5.41) is 7.28. The number of pyridine rings is 1. The topological polar surface area (TPSA) is 94.5 Å². The molecule has 1 amide bonds. The molecular formula is C26H30N4O4S. The van der Waals surface area contributed by atoms with Crippen LogP contribution in [0.4, 0.5) is 11.4 Å². The number of ether oxygens (including phenoxy) is 2. The van der Waals surface area contributed by atoms with Crippen LogP contribution in [0, 0.1) is 0 Å². The average Bonchev–Trinajstić information content (AvgIpc) is 3.53. The number of carbonyl (C=O) groups excluding carboxylic acids is 2. The smallest absolute Gasteiger partial charge is 0.356 e. The van der Waals surface area contributed by atoms with Crippen molar-refractivity contribution >= 4 is 46.0 Å². The highest BCUT2D eigenvalue weighted by molar-refractivity contribution is 7.99. The number of fused-ring (bicyclic) bond motifs is 1. The highest BCUT2D eigenvalue weighted by Crippen LogP contribution is 2.34. The first-order valence-electron chi connectivity index (χ1n) is 12.0. The zero-order valence-corrected chi connectivity index (χ0v) is 20.6. The van der Waals surface area contributed by atoms with Gasteiger partial charge in [0, 0.05) is 24.6 Å². The van der Waals surface area contributed by atoms with E-state index in [1.165, 1.54) is 7.11 Å². The number of benzene rings is 1. The van der Waals surface area contributed by atoms with Gasteiger partial charge in [-0.2, -0.15) is 11.8 Å². The fraction of sp³-hybridized carbons (Fsp3) is 0.423. The maximum absolute atomic E-state index is 13.1. The SMILES string of the molecule is COC(=O)c1c(NC(=O)C2CCCO2)c2cc(NC3CCSCC3)cnc2n1Cc1ccccc1. The van der Waals surface area contributed by atoms with Crippen molar-refractivity contribution in [2.45, 2.75) is 44.4 Å². The lowest BCUT2D eigenvalue weighted by molar-refractivity contribution is -0.124. The Balaban J connectivity index is 1.59. The summed E-state index contributed by atoms with van der Waals surface area (Å²) >= 11 is 1.98. The molecule has 3 aromatic rings. The van der Waals surface area contributed by atoms with Crippen molar-refractivity contribution in [3.8, 4) is 0 Å². The molecule has 184 valence electrons. The van der Waals surface area contributed by atoms with E-state index >= 15 is 0 Å². The Bertz CT molecular complexity index is 1200. The van der Waals surface area contributed by atoms with Gasteiger partial charge in [0.2, 0.25) is 0 Å². The molecule has 2 fully saturated rings. The molecule has 2 aliphatic rings. The van der Waals surface area contributed by atoms with Crippen molar-refractivity contribution in [2.75, 3.05) is 35.9 Å². The van der Waals surface area contributed by atoms with Crippen LogP contribution in [0.2, 0.25) is 0 Å². The first-order valence-corrected chi connectivity index (χ1v) is 13.2. The molecule has 0 radical (unpaired) electrons. The lowest BCUT2D eigenvalue weighted by Gasteiger charge is -2.23. The summed E-state index contributed by atoms with van der Waals surface area (Å²) in [6, 6.07) is 12.2. The number of methoxy groups -OCH3 is 1. The normalized spacial score (nSPS) is 18.5. The maximum Gasteiger partial charge on any atom is 0.356 e. The molecule has 0 spiro atoms. The van der Waals surface area contributed by atoms with Gasteiger partial charge in [-0.15, -0.1) is 0 Å². The van der Waals surface area contributed by atoms with Gasteiger partial charge in [-0.25, -0.2) is 9.78 Å². The Labute approximate surface area is 208 Å². The summed E-state index contributed by atoms with van der Waals surface area (Å²) in [6.07, 6.45) is 4.96. The van der Waals surface area contributed by atoms with Gasteiger partial charge < -0.3 is 24.7 Å². The van der Waals surface area contributed by atoms with E-state index in [-0.39, 0.29) is 11.6 Å². The number of hydrogen-bond acceptors (Lipinski definition) is 7. The Morgan fingerprint density at radius 1 is 1.20 bits per heavy atom. The Morgan fingerprint density at radius 3 is 2.71 bits per heavy atom. The summed E-state index contributed by atoms with van der Waals surface area (Å²) in [6.45, 7) is 0.976. The van der Waals surface area contributed by atoms with Gasteiger partial charge in [0.25, 0.3) is 5.91 Å². The van der Waals surface area contributed by atoms with Gasteiger partial charge in [0.05, 0.1) is 24.7 Å². The van der Waals surface area contributed by atoms with Crippen molar-refractivity contribution in [2.24, 2.45) is 0 Å². The molecule has 2 N–H and O–H groups in total. The van der Waals surface area contributed by atoms with E-state index in [0.717, 1.165) is 42.0 Å². The molecule has 0 aliphatic carbocycles. The predicted molar refractivity (Wildman–Crippen MR) is 138 cm³/mol. The summed E-state index contributed by atoms with van der Waals surface area (Å²) < 4.78 is 12.6. The third kappa shape index (κ3) is 5.16. The van der Waals surface area contributed by atoms with E-state index in [4.69, 9.17) is 14.5 Å². The van der Waals surface area contributed by atoms with Crippen LogP contribution in [0.5, 0.6) is 0 Å².